The lowest BCUT2D eigenvalue weighted by Gasteiger charge is -2.04. The molecule has 2 aromatic carbocycles. The fourth-order valence-corrected chi connectivity index (χ4v) is 2.77. The van der Waals surface area contributed by atoms with E-state index in [1.54, 1.807) is 7.11 Å². The SMILES string of the molecule is CCOS(=O)(=O)[O-].CC[n+]1c2ccccc2nc2cc(OC)ccc21. The van der Waals surface area contributed by atoms with Gasteiger partial charge in [-0.3, -0.25) is 4.18 Å². The number of ether oxygens (including phenoxy) is 1. The summed E-state index contributed by atoms with van der Waals surface area (Å²) in [5.74, 6) is 0.841. The second-order valence-electron chi connectivity index (χ2n) is 5.01. The average Bonchev–Trinajstić information content (AvgIpc) is 2.58. The highest BCUT2D eigenvalue weighted by atomic mass is 32.3. The largest absolute Gasteiger partial charge is 0.726 e. The summed E-state index contributed by atoms with van der Waals surface area (Å²) in [6, 6.07) is 14.2. The first-order valence-electron chi connectivity index (χ1n) is 7.76. The summed E-state index contributed by atoms with van der Waals surface area (Å²) >= 11 is 0. The van der Waals surface area contributed by atoms with Gasteiger partial charge in [0.15, 0.2) is 0 Å². The Hall–Kier alpha value is -2.29. The van der Waals surface area contributed by atoms with Crippen LogP contribution >= 0.6 is 0 Å². The Balaban J connectivity index is 0.000000277. The Kier molecular flexibility index (Phi) is 6.24. The van der Waals surface area contributed by atoms with Gasteiger partial charge in [-0.05, 0) is 26.0 Å². The number of nitrogens with zero attached hydrogens (tertiary/aromatic N) is 2. The predicted molar refractivity (Wildman–Crippen MR) is 93.0 cm³/mol. The zero-order chi connectivity index (χ0) is 18.4. The molecule has 0 aliphatic carbocycles. The van der Waals surface area contributed by atoms with Crippen molar-refractivity contribution in [2.45, 2.75) is 20.4 Å². The molecule has 0 saturated carbocycles. The molecule has 0 aliphatic heterocycles. The van der Waals surface area contributed by atoms with E-state index in [0.29, 0.717) is 0 Å². The fourth-order valence-electron chi connectivity index (χ4n) is 2.48. The van der Waals surface area contributed by atoms with E-state index in [0.717, 1.165) is 34.4 Å². The molecular weight excluding hydrogens is 344 g/mol. The summed E-state index contributed by atoms with van der Waals surface area (Å²) in [6.45, 7) is 4.41. The van der Waals surface area contributed by atoms with Crippen molar-refractivity contribution in [1.29, 1.82) is 0 Å². The van der Waals surface area contributed by atoms with Crippen LogP contribution in [-0.4, -0.2) is 31.7 Å². The van der Waals surface area contributed by atoms with Gasteiger partial charge >= 0.3 is 0 Å². The monoisotopic (exact) mass is 364 g/mol. The number of rotatable bonds is 4. The molecule has 1 aromatic heterocycles. The number of para-hydroxylation sites is 2. The van der Waals surface area contributed by atoms with Crippen LogP contribution in [0.1, 0.15) is 13.8 Å². The highest BCUT2D eigenvalue weighted by Gasteiger charge is 2.14. The van der Waals surface area contributed by atoms with E-state index in [9.17, 15) is 13.0 Å². The molecule has 0 saturated heterocycles. The molecule has 0 radical (unpaired) electrons. The van der Waals surface area contributed by atoms with Crippen molar-refractivity contribution in [2.24, 2.45) is 0 Å². The Morgan fingerprint density at radius 2 is 1.76 bits per heavy atom. The second kappa shape index (κ2) is 8.19. The second-order valence-corrected chi connectivity index (χ2v) is 6.07. The summed E-state index contributed by atoms with van der Waals surface area (Å²) in [6.07, 6.45) is 0. The van der Waals surface area contributed by atoms with Crippen LogP contribution in [0, 0.1) is 0 Å². The molecule has 0 amide bonds. The van der Waals surface area contributed by atoms with Crippen LogP contribution in [0.4, 0.5) is 0 Å². The van der Waals surface area contributed by atoms with Crippen LogP contribution in [0.25, 0.3) is 22.1 Å². The number of methoxy groups -OCH3 is 1. The highest BCUT2D eigenvalue weighted by Crippen LogP contribution is 2.19. The van der Waals surface area contributed by atoms with Crippen LogP contribution in [0.15, 0.2) is 42.5 Å². The van der Waals surface area contributed by atoms with Crippen LogP contribution < -0.4 is 9.30 Å². The molecule has 0 bridgehead atoms. The molecule has 3 rings (SSSR count). The minimum atomic E-state index is -4.42. The summed E-state index contributed by atoms with van der Waals surface area (Å²) in [5, 5.41) is 0. The van der Waals surface area contributed by atoms with E-state index in [1.165, 1.54) is 6.92 Å². The standard InChI is InChI=1S/C15H15N2O.C2H6O4S/c1-3-17-14-7-5-4-6-12(14)16-13-10-11(18-2)8-9-15(13)17;1-2-6-7(3,4)5/h4-10H,3H2,1-2H3;2H2,1H3,(H,3,4,5)/q+1;/p-1. The lowest BCUT2D eigenvalue weighted by molar-refractivity contribution is -0.641. The van der Waals surface area contributed by atoms with Gasteiger partial charge < -0.3 is 9.29 Å². The maximum absolute atomic E-state index is 9.45. The van der Waals surface area contributed by atoms with Crippen molar-refractivity contribution >= 4 is 32.5 Å². The van der Waals surface area contributed by atoms with Crippen LogP contribution in [-0.2, 0) is 21.1 Å². The molecule has 0 aliphatic rings. The topological polar surface area (TPSA) is 92.4 Å². The van der Waals surface area contributed by atoms with Crippen molar-refractivity contribution in [3.8, 4) is 5.75 Å². The highest BCUT2D eigenvalue weighted by molar-refractivity contribution is 7.80. The number of hydrogen-bond donors (Lipinski definition) is 0. The zero-order valence-corrected chi connectivity index (χ0v) is 15.1. The van der Waals surface area contributed by atoms with E-state index in [1.807, 2.05) is 30.3 Å². The number of aromatic nitrogens is 2. The van der Waals surface area contributed by atoms with Crippen LogP contribution in [0.5, 0.6) is 5.75 Å². The van der Waals surface area contributed by atoms with E-state index in [-0.39, 0.29) is 6.61 Å². The van der Waals surface area contributed by atoms with Crippen molar-refractivity contribution in [1.82, 2.24) is 4.98 Å². The van der Waals surface area contributed by atoms with Gasteiger partial charge in [0, 0.05) is 18.2 Å². The van der Waals surface area contributed by atoms with Gasteiger partial charge in [-0.2, -0.15) is 4.57 Å². The van der Waals surface area contributed by atoms with Gasteiger partial charge in [0.2, 0.25) is 21.4 Å². The third kappa shape index (κ3) is 4.85. The lowest BCUT2D eigenvalue weighted by Crippen LogP contribution is -2.34. The fraction of sp³-hybridized carbons (Fsp3) is 0.294. The maximum Gasteiger partial charge on any atom is 0.231 e. The van der Waals surface area contributed by atoms with Crippen molar-refractivity contribution in [3.05, 3.63) is 42.5 Å². The first-order chi connectivity index (χ1) is 11.9. The summed E-state index contributed by atoms with van der Waals surface area (Å²) in [5.41, 5.74) is 4.28. The number of aryl methyl sites for hydroxylation is 1. The van der Waals surface area contributed by atoms with Gasteiger partial charge in [-0.15, -0.1) is 0 Å². The Morgan fingerprint density at radius 3 is 2.32 bits per heavy atom. The average molecular weight is 364 g/mol. The molecule has 8 heteroatoms. The Labute approximate surface area is 146 Å². The third-order valence-corrected chi connectivity index (χ3v) is 3.99. The Bertz CT molecular complexity index is 973. The van der Waals surface area contributed by atoms with E-state index < -0.39 is 10.4 Å². The van der Waals surface area contributed by atoms with Gasteiger partial charge in [0.1, 0.15) is 23.3 Å². The molecule has 0 fully saturated rings. The first-order valence-corrected chi connectivity index (χ1v) is 9.09. The molecule has 7 nitrogen and oxygen atoms in total. The summed E-state index contributed by atoms with van der Waals surface area (Å²) in [4.78, 5) is 4.69. The van der Waals surface area contributed by atoms with Crippen molar-refractivity contribution < 1.29 is 26.5 Å². The third-order valence-electron chi connectivity index (χ3n) is 3.47. The summed E-state index contributed by atoms with van der Waals surface area (Å²) in [7, 11) is -2.75. The van der Waals surface area contributed by atoms with Gasteiger partial charge in [0.25, 0.3) is 0 Å². The zero-order valence-electron chi connectivity index (χ0n) is 14.3. The van der Waals surface area contributed by atoms with Crippen LogP contribution in [0.2, 0.25) is 0 Å². The van der Waals surface area contributed by atoms with Gasteiger partial charge in [-0.25, -0.2) is 13.4 Å². The molecule has 1 heterocycles. The number of hydrogen-bond acceptors (Lipinski definition) is 6. The van der Waals surface area contributed by atoms with E-state index >= 15 is 0 Å². The van der Waals surface area contributed by atoms with E-state index in [2.05, 4.69) is 27.8 Å². The Morgan fingerprint density at radius 1 is 1.08 bits per heavy atom. The molecule has 0 unspecified atom stereocenters. The molecule has 0 atom stereocenters. The smallest absolute Gasteiger partial charge is 0.231 e. The normalized spacial score (nSPS) is 11.2. The molecule has 134 valence electrons. The minimum absolute atomic E-state index is 0.0914. The first kappa shape index (κ1) is 19.0. The van der Waals surface area contributed by atoms with Gasteiger partial charge in [-0.1, -0.05) is 12.1 Å². The molecule has 25 heavy (non-hydrogen) atoms. The maximum atomic E-state index is 9.45. The van der Waals surface area contributed by atoms with E-state index in [4.69, 9.17) is 9.72 Å². The molecule has 0 spiro atoms. The molecule has 3 aromatic rings. The van der Waals surface area contributed by atoms with Crippen molar-refractivity contribution in [2.75, 3.05) is 13.7 Å². The quantitative estimate of drug-likeness (QED) is 0.305. The number of fused-ring (bicyclic) bond motifs is 2. The minimum Gasteiger partial charge on any atom is -0.726 e. The molecule has 0 N–H and O–H groups in total. The lowest BCUT2D eigenvalue weighted by atomic mass is 10.2. The van der Waals surface area contributed by atoms with Crippen LogP contribution in [0.3, 0.4) is 0 Å². The predicted octanol–water partition coefficient (Wildman–Crippen LogP) is 2.19. The number of benzene rings is 2. The summed E-state index contributed by atoms with van der Waals surface area (Å²) < 4.78 is 39.5. The molecular formula is C17H20N2O5S. The van der Waals surface area contributed by atoms with Crippen molar-refractivity contribution in [3.63, 3.8) is 0 Å². The van der Waals surface area contributed by atoms with Gasteiger partial charge in [0.05, 0.1) is 13.7 Å².